The van der Waals surface area contributed by atoms with Crippen LogP contribution in [-0.2, 0) is 9.59 Å². The predicted molar refractivity (Wildman–Crippen MR) is 167 cm³/mol. The zero-order chi connectivity index (χ0) is 31.9. The van der Waals surface area contributed by atoms with Crippen LogP contribution in [0.25, 0.3) is 32.9 Å². The first-order chi connectivity index (χ1) is 21.8. The van der Waals surface area contributed by atoms with Crippen LogP contribution in [0.15, 0.2) is 48.8 Å². The third kappa shape index (κ3) is 7.19. The highest BCUT2D eigenvalue weighted by Crippen LogP contribution is 2.40. The number of hydroxylamine groups is 1. The van der Waals surface area contributed by atoms with Crippen LogP contribution in [0.4, 0.5) is 21.7 Å². The zero-order valence-electron chi connectivity index (χ0n) is 24.7. The number of nitrogens with one attached hydrogen (secondary N) is 2. The van der Waals surface area contributed by atoms with E-state index in [4.69, 9.17) is 22.5 Å². The Morgan fingerprint density at radius 3 is 2.42 bits per heavy atom. The third-order valence-electron chi connectivity index (χ3n) is 7.94. The molecule has 45 heavy (non-hydrogen) atoms. The number of benzene rings is 2. The van der Waals surface area contributed by atoms with Crippen molar-refractivity contribution < 1.29 is 24.3 Å². The Kier molecular flexibility index (Phi) is 9.86. The Labute approximate surface area is 259 Å². The lowest BCUT2D eigenvalue weighted by Crippen LogP contribution is -2.40. The number of carbonyl (C=O) groups excluding carboxylic acids is 2. The van der Waals surface area contributed by atoms with Crippen LogP contribution in [0.2, 0.25) is 0 Å². The maximum absolute atomic E-state index is 14.9. The number of nitrogens with two attached hydrogens (primary N) is 1. The normalized spacial score (nSPS) is 13.5. The van der Waals surface area contributed by atoms with Crippen molar-refractivity contribution in [3.05, 3.63) is 66.0 Å². The molecule has 0 spiro atoms. The van der Waals surface area contributed by atoms with Crippen molar-refractivity contribution in [2.75, 3.05) is 23.3 Å². The van der Waals surface area contributed by atoms with E-state index in [0.717, 1.165) is 25.7 Å². The molecule has 4 aromatic rings. The maximum Gasteiger partial charge on any atom is 0.243 e. The number of aromatic nitrogens is 3. The van der Waals surface area contributed by atoms with E-state index >= 15 is 0 Å². The molecular weight excluding hydrogens is 579 g/mol. The van der Waals surface area contributed by atoms with Crippen molar-refractivity contribution >= 4 is 34.8 Å². The zero-order valence-corrected chi connectivity index (χ0v) is 24.7. The summed E-state index contributed by atoms with van der Waals surface area (Å²) < 4.78 is 16.7. The summed E-state index contributed by atoms with van der Waals surface area (Å²) in [5, 5.41) is 22.3. The standard InChI is InChI=1S/C32H35FN8O4/c1-35-24-10-9-21(18-23(24)33)30-29(31-36-14-17-41(31)32(38-30)40-15-12-22(34)13-16-40)20-8-11-25(26(42)19-20)37-27(43)6-4-2-3-5-7-28(44)39-45/h8-11,14,17-19,22,42,45H,2-7,12-13,15-16,34H2,(H,37,43)(H,39,44). The quantitative estimate of drug-likeness (QED) is 0.0508. The molecular formula is C32H35FN8O4. The number of phenols is 1. The van der Waals surface area contributed by atoms with Gasteiger partial charge >= 0.3 is 0 Å². The van der Waals surface area contributed by atoms with E-state index in [1.807, 2.05) is 4.40 Å². The number of phenolic OH excluding ortho intramolecular Hbond substituents is 1. The molecule has 1 aliphatic rings. The van der Waals surface area contributed by atoms with Gasteiger partial charge in [0.15, 0.2) is 0 Å². The molecule has 5 rings (SSSR count). The van der Waals surface area contributed by atoms with Gasteiger partial charge in [-0.25, -0.2) is 24.7 Å². The first kappa shape index (κ1) is 31.4. The minimum absolute atomic E-state index is 0.0979. The molecule has 2 aromatic carbocycles. The number of nitrogens with zero attached hydrogens (tertiary/aromatic N) is 5. The molecule has 13 heteroatoms. The predicted octanol–water partition coefficient (Wildman–Crippen LogP) is 5.17. The van der Waals surface area contributed by atoms with Gasteiger partial charge in [0, 0.05) is 49.9 Å². The molecule has 234 valence electrons. The number of fused-ring (bicyclic) bond motifs is 1. The number of unbranched alkanes of at least 4 members (excludes halogenated alkanes) is 3. The van der Waals surface area contributed by atoms with Gasteiger partial charge in [-0.2, -0.15) is 0 Å². The summed E-state index contributed by atoms with van der Waals surface area (Å²) in [5.41, 5.74) is 10.4. The van der Waals surface area contributed by atoms with Gasteiger partial charge in [-0.05, 0) is 49.4 Å². The molecule has 1 fully saturated rings. The van der Waals surface area contributed by atoms with Crippen molar-refractivity contribution in [1.82, 2.24) is 19.8 Å². The van der Waals surface area contributed by atoms with E-state index in [0.29, 0.717) is 59.9 Å². The lowest BCUT2D eigenvalue weighted by atomic mass is 9.98. The van der Waals surface area contributed by atoms with Gasteiger partial charge in [0.1, 0.15) is 17.2 Å². The van der Waals surface area contributed by atoms with Gasteiger partial charge in [0.05, 0.1) is 23.5 Å². The number of imidazole rings is 1. The summed E-state index contributed by atoms with van der Waals surface area (Å²) in [7, 11) is 0. The lowest BCUT2D eigenvalue weighted by molar-refractivity contribution is -0.129. The summed E-state index contributed by atoms with van der Waals surface area (Å²) in [6.07, 6.45) is 8.23. The summed E-state index contributed by atoms with van der Waals surface area (Å²) in [6, 6.07) is 9.31. The molecule has 3 heterocycles. The van der Waals surface area contributed by atoms with Gasteiger partial charge in [0.2, 0.25) is 23.5 Å². The maximum atomic E-state index is 14.9. The van der Waals surface area contributed by atoms with E-state index in [1.54, 1.807) is 36.1 Å². The largest absolute Gasteiger partial charge is 0.506 e. The fraction of sp³-hybridized carbons (Fsp3) is 0.344. The van der Waals surface area contributed by atoms with E-state index < -0.39 is 11.7 Å². The van der Waals surface area contributed by atoms with Crippen LogP contribution in [-0.4, -0.2) is 55.6 Å². The van der Waals surface area contributed by atoms with E-state index in [1.165, 1.54) is 18.2 Å². The molecule has 2 aromatic heterocycles. The van der Waals surface area contributed by atoms with Crippen molar-refractivity contribution in [2.45, 2.75) is 57.4 Å². The molecule has 2 amide bonds. The van der Waals surface area contributed by atoms with Crippen LogP contribution < -0.4 is 21.4 Å². The molecule has 1 saturated heterocycles. The summed E-state index contributed by atoms with van der Waals surface area (Å²) in [5.74, 6) is -0.884. The first-order valence-corrected chi connectivity index (χ1v) is 14.9. The van der Waals surface area contributed by atoms with Crippen molar-refractivity contribution in [3.8, 4) is 28.1 Å². The average Bonchev–Trinajstić information content (AvgIpc) is 3.53. The molecule has 6 N–H and O–H groups in total. The van der Waals surface area contributed by atoms with E-state index in [-0.39, 0.29) is 41.9 Å². The molecule has 1 aliphatic heterocycles. The van der Waals surface area contributed by atoms with Gasteiger partial charge in [-0.15, -0.1) is 0 Å². The Morgan fingerprint density at radius 2 is 1.76 bits per heavy atom. The second-order valence-corrected chi connectivity index (χ2v) is 11.1. The number of halogens is 1. The van der Waals surface area contributed by atoms with Crippen molar-refractivity contribution in [1.29, 1.82) is 0 Å². The van der Waals surface area contributed by atoms with Gasteiger partial charge in [-0.3, -0.25) is 19.2 Å². The molecule has 0 saturated carbocycles. The molecule has 0 radical (unpaired) electrons. The highest BCUT2D eigenvalue weighted by Gasteiger charge is 2.25. The number of anilines is 2. The molecule has 0 aliphatic carbocycles. The van der Waals surface area contributed by atoms with Crippen LogP contribution in [0.3, 0.4) is 0 Å². The topological polar surface area (TPSA) is 162 Å². The Morgan fingerprint density at radius 1 is 1.04 bits per heavy atom. The van der Waals surface area contributed by atoms with Gasteiger partial charge < -0.3 is 21.1 Å². The SMILES string of the molecule is [C-]#[N+]c1ccc(-c2nc(N3CCC(N)CC3)n3ccnc3c2-c2ccc(NC(=O)CCCCCCC(=O)NO)c(O)c2)cc1F. The minimum Gasteiger partial charge on any atom is -0.506 e. The lowest BCUT2D eigenvalue weighted by Gasteiger charge is -2.32. The molecule has 0 bridgehead atoms. The third-order valence-corrected chi connectivity index (χ3v) is 7.94. The number of hydrogen-bond donors (Lipinski definition) is 5. The Hall–Kier alpha value is -5.06. The van der Waals surface area contributed by atoms with Gasteiger partial charge in [0.25, 0.3) is 0 Å². The minimum atomic E-state index is -0.666. The van der Waals surface area contributed by atoms with Crippen molar-refractivity contribution in [3.63, 3.8) is 0 Å². The summed E-state index contributed by atoms with van der Waals surface area (Å²) in [4.78, 5) is 38.6. The number of carbonyl (C=O) groups is 2. The first-order valence-electron chi connectivity index (χ1n) is 14.9. The summed E-state index contributed by atoms with van der Waals surface area (Å²) >= 11 is 0. The summed E-state index contributed by atoms with van der Waals surface area (Å²) in [6.45, 7) is 8.64. The van der Waals surface area contributed by atoms with Crippen LogP contribution in [0.1, 0.15) is 51.4 Å². The van der Waals surface area contributed by atoms with Crippen LogP contribution >= 0.6 is 0 Å². The average molecular weight is 615 g/mol. The van der Waals surface area contributed by atoms with Crippen LogP contribution in [0, 0.1) is 12.4 Å². The number of amides is 2. The number of hydrogen-bond acceptors (Lipinski definition) is 8. The molecule has 0 atom stereocenters. The van der Waals surface area contributed by atoms with Crippen LogP contribution in [0.5, 0.6) is 5.75 Å². The Bertz CT molecular complexity index is 1740. The second-order valence-electron chi connectivity index (χ2n) is 11.1. The monoisotopic (exact) mass is 614 g/mol. The molecule has 0 unspecified atom stereocenters. The highest BCUT2D eigenvalue weighted by molar-refractivity contribution is 5.95. The molecule has 12 nitrogen and oxygen atoms in total. The number of aromatic hydroxyl groups is 1. The number of rotatable bonds is 11. The fourth-order valence-corrected chi connectivity index (χ4v) is 5.49. The van der Waals surface area contributed by atoms with Crippen molar-refractivity contribution in [2.24, 2.45) is 5.73 Å². The van der Waals surface area contributed by atoms with E-state index in [2.05, 4.69) is 20.0 Å². The second kappa shape index (κ2) is 14.1. The fourth-order valence-electron chi connectivity index (χ4n) is 5.49. The number of piperidine rings is 1. The van der Waals surface area contributed by atoms with E-state index in [9.17, 15) is 19.1 Å². The Balaban J connectivity index is 1.43. The van der Waals surface area contributed by atoms with Gasteiger partial charge in [-0.1, -0.05) is 31.0 Å². The smallest absolute Gasteiger partial charge is 0.243 e. The highest BCUT2D eigenvalue weighted by atomic mass is 19.1.